The third-order valence-electron chi connectivity index (χ3n) is 3.10. The lowest BCUT2D eigenvalue weighted by Gasteiger charge is -2.40. The maximum atomic E-state index is 5.52. The first kappa shape index (κ1) is 11.0. The highest BCUT2D eigenvalue weighted by molar-refractivity contribution is 4.91. The molecule has 1 saturated carbocycles. The number of hydrogen-bond acceptors (Lipinski definition) is 2. The highest BCUT2D eigenvalue weighted by atomic mass is 16.5. The van der Waals surface area contributed by atoms with E-state index >= 15 is 0 Å². The molecule has 2 heteroatoms. The largest absolute Gasteiger partial charge is 0.377 e. The standard InChI is InChI=1S/C11H23NO/c1-3-4-5-9-12-10-11(13-2)7-6-8-11/h12H,3-10H2,1-2H3. The molecule has 1 N–H and O–H groups in total. The van der Waals surface area contributed by atoms with Gasteiger partial charge >= 0.3 is 0 Å². The van der Waals surface area contributed by atoms with Crippen LogP contribution in [-0.2, 0) is 4.74 Å². The van der Waals surface area contributed by atoms with Gasteiger partial charge in [-0.3, -0.25) is 0 Å². The number of rotatable bonds is 7. The van der Waals surface area contributed by atoms with Crippen molar-refractivity contribution in [3.05, 3.63) is 0 Å². The van der Waals surface area contributed by atoms with Crippen LogP contribution in [0, 0.1) is 0 Å². The fraction of sp³-hybridized carbons (Fsp3) is 1.00. The number of unbranched alkanes of at least 4 members (excludes halogenated alkanes) is 2. The van der Waals surface area contributed by atoms with E-state index in [0.717, 1.165) is 13.1 Å². The summed E-state index contributed by atoms with van der Waals surface area (Å²) >= 11 is 0. The molecular weight excluding hydrogens is 162 g/mol. The summed E-state index contributed by atoms with van der Waals surface area (Å²) in [6, 6.07) is 0. The Kier molecular flexibility index (Phi) is 4.74. The summed E-state index contributed by atoms with van der Waals surface area (Å²) in [5.74, 6) is 0. The maximum absolute atomic E-state index is 5.52. The number of hydrogen-bond donors (Lipinski definition) is 1. The monoisotopic (exact) mass is 185 g/mol. The average Bonchev–Trinajstić information content (AvgIpc) is 2.09. The van der Waals surface area contributed by atoms with Gasteiger partial charge in [-0.2, -0.15) is 0 Å². The lowest BCUT2D eigenvalue weighted by atomic mass is 9.80. The number of methoxy groups -OCH3 is 1. The molecule has 1 fully saturated rings. The smallest absolute Gasteiger partial charge is 0.0802 e. The molecule has 0 spiro atoms. The molecule has 78 valence electrons. The highest BCUT2D eigenvalue weighted by Gasteiger charge is 2.36. The van der Waals surface area contributed by atoms with Crippen LogP contribution in [0.15, 0.2) is 0 Å². The van der Waals surface area contributed by atoms with E-state index in [9.17, 15) is 0 Å². The molecule has 2 nitrogen and oxygen atoms in total. The zero-order valence-electron chi connectivity index (χ0n) is 9.07. The minimum Gasteiger partial charge on any atom is -0.377 e. The van der Waals surface area contributed by atoms with Crippen molar-refractivity contribution < 1.29 is 4.74 Å². The third-order valence-corrected chi connectivity index (χ3v) is 3.10. The van der Waals surface area contributed by atoms with Crippen LogP contribution < -0.4 is 5.32 Å². The summed E-state index contributed by atoms with van der Waals surface area (Å²) in [5, 5.41) is 3.49. The van der Waals surface area contributed by atoms with Crippen LogP contribution in [0.25, 0.3) is 0 Å². The van der Waals surface area contributed by atoms with Gasteiger partial charge in [0.25, 0.3) is 0 Å². The molecule has 0 aromatic rings. The minimum absolute atomic E-state index is 0.201. The molecule has 0 radical (unpaired) electrons. The molecule has 1 rings (SSSR count). The lowest BCUT2D eigenvalue weighted by molar-refractivity contribution is -0.0692. The molecule has 1 aliphatic carbocycles. The zero-order valence-corrected chi connectivity index (χ0v) is 9.07. The highest BCUT2D eigenvalue weighted by Crippen LogP contribution is 2.34. The molecular formula is C11H23NO. The fourth-order valence-corrected chi connectivity index (χ4v) is 1.84. The molecule has 0 aliphatic heterocycles. The van der Waals surface area contributed by atoms with E-state index in [4.69, 9.17) is 4.74 Å². The first-order valence-corrected chi connectivity index (χ1v) is 5.59. The van der Waals surface area contributed by atoms with Crippen molar-refractivity contribution in [2.75, 3.05) is 20.2 Å². The van der Waals surface area contributed by atoms with E-state index in [2.05, 4.69) is 12.2 Å². The van der Waals surface area contributed by atoms with Gasteiger partial charge in [-0.05, 0) is 32.2 Å². The molecule has 0 heterocycles. The number of ether oxygens (including phenoxy) is 1. The summed E-state index contributed by atoms with van der Waals surface area (Å²) in [5.41, 5.74) is 0.201. The second kappa shape index (κ2) is 5.61. The SMILES string of the molecule is CCCCCNCC1(OC)CCC1. The van der Waals surface area contributed by atoms with Gasteiger partial charge < -0.3 is 10.1 Å². The average molecular weight is 185 g/mol. The van der Waals surface area contributed by atoms with Crippen molar-refractivity contribution in [1.29, 1.82) is 0 Å². The summed E-state index contributed by atoms with van der Waals surface area (Å²) < 4.78 is 5.52. The maximum Gasteiger partial charge on any atom is 0.0802 e. The van der Waals surface area contributed by atoms with E-state index < -0.39 is 0 Å². The van der Waals surface area contributed by atoms with E-state index in [1.54, 1.807) is 0 Å². The van der Waals surface area contributed by atoms with E-state index in [0.29, 0.717) is 0 Å². The van der Waals surface area contributed by atoms with Crippen LogP contribution in [0.2, 0.25) is 0 Å². The molecule has 0 atom stereocenters. The lowest BCUT2D eigenvalue weighted by Crippen LogP contribution is -2.48. The van der Waals surface area contributed by atoms with E-state index in [1.807, 2.05) is 7.11 Å². The summed E-state index contributed by atoms with van der Waals surface area (Å²) in [4.78, 5) is 0. The van der Waals surface area contributed by atoms with Gasteiger partial charge in [0.05, 0.1) is 5.60 Å². The normalized spacial score (nSPS) is 19.8. The molecule has 0 bridgehead atoms. The fourth-order valence-electron chi connectivity index (χ4n) is 1.84. The van der Waals surface area contributed by atoms with Gasteiger partial charge in [0, 0.05) is 13.7 Å². The Labute approximate surface area is 82.0 Å². The van der Waals surface area contributed by atoms with Crippen LogP contribution in [0.3, 0.4) is 0 Å². The summed E-state index contributed by atoms with van der Waals surface area (Å²) in [7, 11) is 1.84. The Morgan fingerprint density at radius 1 is 1.31 bits per heavy atom. The van der Waals surface area contributed by atoms with Crippen LogP contribution in [0.5, 0.6) is 0 Å². The molecule has 1 aliphatic rings. The Morgan fingerprint density at radius 3 is 2.54 bits per heavy atom. The van der Waals surface area contributed by atoms with Gasteiger partial charge in [-0.1, -0.05) is 19.8 Å². The van der Waals surface area contributed by atoms with E-state index in [1.165, 1.54) is 38.5 Å². The van der Waals surface area contributed by atoms with Gasteiger partial charge in [0.1, 0.15) is 0 Å². The first-order valence-electron chi connectivity index (χ1n) is 5.59. The molecule has 0 saturated heterocycles. The van der Waals surface area contributed by atoms with Crippen LogP contribution in [0.4, 0.5) is 0 Å². The van der Waals surface area contributed by atoms with Crippen molar-refractivity contribution in [3.8, 4) is 0 Å². The predicted molar refractivity (Wildman–Crippen MR) is 56.0 cm³/mol. The Hall–Kier alpha value is -0.0800. The van der Waals surface area contributed by atoms with Crippen molar-refractivity contribution >= 4 is 0 Å². The quantitative estimate of drug-likeness (QED) is 0.615. The Morgan fingerprint density at radius 2 is 2.08 bits per heavy atom. The molecule has 13 heavy (non-hydrogen) atoms. The van der Waals surface area contributed by atoms with E-state index in [-0.39, 0.29) is 5.60 Å². The van der Waals surface area contributed by atoms with Crippen LogP contribution >= 0.6 is 0 Å². The molecule has 0 unspecified atom stereocenters. The zero-order chi connectivity index (χ0) is 9.57. The third kappa shape index (κ3) is 3.28. The molecule has 0 amide bonds. The van der Waals surface area contributed by atoms with Crippen LogP contribution in [0.1, 0.15) is 45.4 Å². The van der Waals surface area contributed by atoms with Gasteiger partial charge in [0.2, 0.25) is 0 Å². The van der Waals surface area contributed by atoms with Gasteiger partial charge in [-0.25, -0.2) is 0 Å². The first-order chi connectivity index (χ1) is 6.33. The summed E-state index contributed by atoms with van der Waals surface area (Å²) in [6.07, 6.45) is 7.76. The second-order valence-corrected chi connectivity index (χ2v) is 4.12. The molecule has 0 aromatic carbocycles. The van der Waals surface area contributed by atoms with Crippen molar-refractivity contribution in [2.24, 2.45) is 0 Å². The molecule has 0 aromatic heterocycles. The Bertz CT molecular complexity index is 127. The minimum atomic E-state index is 0.201. The van der Waals surface area contributed by atoms with Crippen molar-refractivity contribution in [3.63, 3.8) is 0 Å². The van der Waals surface area contributed by atoms with Gasteiger partial charge in [-0.15, -0.1) is 0 Å². The second-order valence-electron chi connectivity index (χ2n) is 4.12. The van der Waals surface area contributed by atoms with Crippen molar-refractivity contribution in [1.82, 2.24) is 5.32 Å². The number of nitrogens with one attached hydrogen (secondary N) is 1. The van der Waals surface area contributed by atoms with Crippen molar-refractivity contribution in [2.45, 2.75) is 51.0 Å². The predicted octanol–water partition coefficient (Wildman–Crippen LogP) is 2.34. The topological polar surface area (TPSA) is 21.3 Å². The van der Waals surface area contributed by atoms with Gasteiger partial charge in [0.15, 0.2) is 0 Å². The summed E-state index contributed by atoms with van der Waals surface area (Å²) in [6.45, 7) is 4.44. The Balaban J connectivity index is 1.98. The van der Waals surface area contributed by atoms with Crippen LogP contribution in [-0.4, -0.2) is 25.8 Å².